The van der Waals surface area contributed by atoms with Gasteiger partial charge in [-0.15, -0.1) is 0 Å². The fourth-order valence-corrected chi connectivity index (χ4v) is 1.70. The third-order valence-corrected chi connectivity index (χ3v) is 2.87. The Labute approximate surface area is 92.3 Å². The van der Waals surface area contributed by atoms with E-state index in [4.69, 9.17) is 5.73 Å². The van der Waals surface area contributed by atoms with E-state index in [1.54, 1.807) is 0 Å². The Balaban J connectivity index is 2.36. The van der Waals surface area contributed by atoms with Crippen LogP contribution in [0.25, 0.3) is 0 Å². The minimum atomic E-state index is 0.506. The predicted molar refractivity (Wildman–Crippen MR) is 63.7 cm³/mol. The molecule has 0 spiro atoms. The number of hydrogen-bond acceptors (Lipinski definition) is 3. The normalized spacial score (nSPS) is 13.1. The molecule has 0 aliphatic carbocycles. The molecule has 3 nitrogen and oxygen atoms in total. The fourth-order valence-electron chi connectivity index (χ4n) is 1.70. The van der Waals surface area contributed by atoms with Crippen LogP contribution in [0.4, 0.5) is 0 Å². The molecule has 1 heterocycles. The highest BCUT2D eigenvalue weighted by Crippen LogP contribution is 2.03. The van der Waals surface area contributed by atoms with Gasteiger partial charge in [0.1, 0.15) is 0 Å². The molecule has 0 aliphatic heterocycles. The first-order valence-electron chi connectivity index (χ1n) is 5.57. The van der Waals surface area contributed by atoms with Crippen LogP contribution in [0.3, 0.4) is 0 Å². The zero-order chi connectivity index (χ0) is 11.1. The minimum absolute atomic E-state index is 0.506. The molecule has 2 N–H and O–H groups in total. The molecule has 3 heteroatoms. The highest BCUT2D eigenvalue weighted by atomic mass is 15.1. The molecule has 0 radical (unpaired) electrons. The molecule has 1 rings (SSSR count). The molecule has 1 unspecified atom stereocenters. The van der Waals surface area contributed by atoms with Crippen molar-refractivity contribution < 1.29 is 0 Å². The van der Waals surface area contributed by atoms with Gasteiger partial charge >= 0.3 is 0 Å². The van der Waals surface area contributed by atoms with Crippen molar-refractivity contribution in [3.8, 4) is 0 Å². The highest BCUT2D eigenvalue weighted by Gasteiger charge is 2.09. The molecule has 0 aromatic carbocycles. The fraction of sp³-hybridized carbons (Fsp3) is 0.583. The largest absolute Gasteiger partial charge is 0.329 e. The average molecular weight is 207 g/mol. The number of hydrogen-bond donors (Lipinski definition) is 1. The van der Waals surface area contributed by atoms with Gasteiger partial charge in [-0.3, -0.25) is 4.98 Å². The van der Waals surface area contributed by atoms with Crippen molar-refractivity contribution in [1.29, 1.82) is 0 Å². The van der Waals surface area contributed by atoms with E-state index in [1.807, 2.05) is 12.4 Å². The summed E-state index contributed by atoms with van der Waals surface area (Å²) in [5, 5.41) is 0. The smallest absolute Gasteiger partial charge is 0.0270 e. The second kappa shape index (κ2) is 6.53. The summed E-state index contributed by atoms with van der Waals surface area (Å²) in [4.78, 5) is 6.34. The molecule has 0 fully saturated rings. The molecular formula is C12H21N3. The van der Waals surface area contributed by atoms with Crippen LogP contribution in [0.2, 0.25) is 0 Å². The van der Waals surface area contributed by atoms with Gasteiger partial charge in [0.05, 0.1) is 0 Å². The Bertz CT molecular complexity index is 257. The zero-order valence-electron chi connectivity index (χ0n) is 9.69. The number of rotatable bonds is 6. The van der Waals surface area contributed by atoms with Crippen LogP contribution in [-0.2, 0) is 6.42 Å². The molecule has 84 valence electrons. The minimum Gasteiger partial charge on any atom is -0.329 e. The van der Waals surface area contributed by atoms with Gasteiger partial charge in [-0.25, -0.2) is 0 Å². The summed E-state index contributed by atoms with van der Waals surface area (Å²) in [6, 6.07) is 4.64. The van der Waals surface area contributed by atoms with Crippen molar-refractivity contribution >= 4 is 0 Å². The van der Waals surface area contributed by atoms with E-state index in [9.17, 15) is 0 Å². The monoisotopic (exact) mass is 207 g/mol. The molecule has 15 heavy (non-hydrogen) atoms. The Morgan fingerprint density at radius 1 is 1.40 bits per heavy atom. The molecule has 0 amide bonds. The molecular weight excluding hydrogens is 186 g/mol. The van der Waals surface area contributed by atoms with Gasteiger partial charge in [0.2, 0.25) is 0 Å². The number of nitrogens with two attached hydrogens (primary N) is 1. The number of aromatic nitrogens is 1. The molecule has 0 saturated carbocycles. The van der Waals surface area contributed by atoms with Crippen molar-refractivity contribution in [3.05, 3.63) is 30.1 Å². The number of likely N-dealkylation sites (N-methyl/N-ethyl adjacent to an activating group) is 1. The molecule has 0 bridgehead atoms. The van der Waals surface area contributed by atoms with Crippen LogP contribution in [-0.4, -0.2) is 36.1 Å². The van der Waals surface area contributed by atoms with Crippen molar-refractivity contribution in [2.45, 2.75) is 25.8 Å². The number of nitrogens with zero attached hydrogens (tertiary/aromatic N) is 2. The van der Waals surface area contributed by atoms with E-state index < -0.39 is 0 Å². The van der Waals surface area contributed by atoms with Gasteiger partial charge in [-0.2, -0.15) is 0 Å². The zero-order valence-corrected chi connectivity index (χ0v) is 9.69. The van der Waals surface area contributed by atoms with Gasteiger partial charge < -0.3 is 10.6 Å². The summed E-state index contributed by atoms with van der Waals surface area (Å²) in [6.07, 6.45) is 5.87. The Morgan fingerprint density at radius 2 is 2.07 bits per heavy atom. The number of pyridine rings is 1. The Hall–Kier alpha value is -0.930. The summed E-state index contributed by atoms with van der Waals surface area (Å²) in [7, 11) is 2.14. The molecule has 0 aliphatic rings. The van der Waals surface area contributed by atoms with Crippen LogP contribution >= 0.6 is 0 Å². The van der Waals surface area contributed by atoms with Crippen molar-refractivity contribution in [1.82, 2.24) is 9.88 Å². The predicted octanol–water partition coefficient (Wildman–Crippen LogP) is 1.29. The lowest BCUT2D eigenvalue weighted by molar-refractivity contribution is 0.244. The lowest BCUT2D eigenvalue weighted by Crippen LogP contribution is -2.38. The van der Waals surface area contributed by atoms with E-state index in [1.165, 1.54) is 5.56 Å². The van der Waals surface area contributed by atoms with Crippen LogP contribution in [0, 0.1) is 0 Å². The quantitative estimate of drug-likeness (QED) is 0.764. The van der Waals surface area contributed by atoms with Crippen LogP contribution in [0.1, 0.15) is 18.9 Å². The first-order chi connectivity index (χ1) is 7.27. The van der Waals surface area contributed by atoms with E-state index in [2.05, 4.69) is 36.0 Å². The van der Waals surface area contributed by atoms with E-state index in [-0.39, 0.29) is 0 Å². The summed E-state index contributed by atoms with van der Waals surface area (Å²) in [5.41, 5.74) is 7.04. The molecule has 1 atom stereocenters. The lowest BCUT2D eigenvalue weighted by atomic mass is 10.1. The van der Waals surface area contributed by atoms with Crippen molar-refractivity contribution in [2.24, 2.45) is 5.73 Å². The lowest BCUT2D eigenvalue weighted by Gasteiger charge is -2.25. The van der Waals surface area contributed by atoms with E-state index >= 15 is 0 Å². The Kier molecular flexibility index (Phi) is 5.29. The van der Waals surface area contributed by atoms with Gasteiger partial charge in [0.25, 0.3) is 0 Å². The van der Waals surface area contributed by atoms with Crippen LogP contribution < -0.4 is 5.73 Å². The van der Waals surface area contributed by atoms with Crippen molar-refractivity contribution in [3.63, 3.8) is 0 Å². The van der Waals surface area contributed by atoms with Crippen LogP contribution in [0.15, 0.2) is 24.5 Å². The molecule has 1 aromatic rings. The van der Waals surface area contributed by atoms with Gasteiger partial charge in [0.15, 0.2) is 0 Å². The third kappa shape index (κ3) is 3.98. The van der Waals surface area contributed by atoms with Gasteiger partial charge in [-0.05, 0) is 37.6 Å². The molecule has 0 saturated heterocycles. The third-order valence-electron chi connectivity index (χ3n) is 2.87. The second-order valence-corrected chi connectivity index (χ2v) is 3.88. The summed E-state index contributed by atoms with van der Waals surface area (Å²) in [5.74, 6) is 0. The standard InChI is InChI=1S/C12H21N3/c1-3-12(10-13)15(2)9-6-11-4-7-14-8-5-11/h4-5,7-8,12H,3,6,9-10,13H2,1-2H3. The summed E-state index contributed by atoms with van der Waals surface area (Å²) >= 11 is 0. The highest BCUT2D eigenvalue weighted by molar-refractivity contribution is 5.09. The van der Waals surface area contributed by atoms with E-state index in [0.717, 1.165) is 25.9 Å². The topological polar surface area (TPSA) is 42.1 Å². The first-order valence-corrected chi connectivity index (χ1v) is 5.57. The van der Waals surface area contributed by atoms with E-state index in [0.29, 0.717) is 6.04 Å². The molecule has 1 aromatic heterocycles. The summed E-state index contributed by atoms with van der Waals surface area (Å²) < 4.78 is 0. The first kappa shape index (κ1) is 12.1. The Morgan fingerprint density at radius 3 is 2.60 bits per heavy atom. The average Bonchev–Trinajstić information content (AvgIpc) is 2.29. The summed E-state index contributed by atoms with van der Waals surface area (Å²) in [6.45, 7) is 3.98. The van der Waals surface area contributed by atoms with Gasteiger partial charge in [-0.1, -0.05) is 6.92 Å². The van der Waals surface area contributed by atoms with Gasteiger partial charge in [0, 0.05) is 31.5 Å². The van der Waals surface area contributed by atoms with Crippen molar-refractivity contribution in [2.75, 3.05) is 20.1 Å². The maximum atomic E-state index is 5.70. The second-order valence-electron chi connectivity index (χ2n) is 3.88. The maximum Gasteiger partial charge on any atom is 0.0270 e. The SMILES string of the molecule is CCC(CN)N(C)CCc1ccncc1. The van der Waals surface area contributed by atoms with Crippen LogP contribution in [0.5, 0.6) is 0 Å². The maximum absolute atomic E-state index is 5.70.